The predicted molar refractivity (Wildman–Crippen MR) is 195 cm³/mol. The summed E-state index contributed by atoms with van der Waals surface area (Å²) in [5.41, 5.74) is 0. The van der Waals surface area contributed by atoms with Gasteiger partial charge in [0.25, 0.3) is 0 Å². The third-order valence-electron chi connectivity index (χ3n) is 7.76. The third-order valence-corrected chi connectivity index (χ3v) is 12.7. The summed E-state index contributed by atoms with van der Waals surface area (Å²) in [5, 5.41) is 2.63. The Hall–Kier alpha value is 1.36. The van der Waals surface area contributed by atoms with E-state index < -0.39 is 0 Å². The van der Waals surface area contributed by atoms with Crippen LogP contribution in [0.4, 0.5) is 0 Å². The van der Waals surface area contributed by atoms with Gasteiger partial charge in [0.2, 0.25) is 0 Å². The summed E-state index contributed by atoms with van der Waals surface area (Å²) < 4.78 is 0. The SMILES string of the molecule is CCCCCSCSCCCCCCCCC(CCCCCCCCSCSCCCCC)N(C)CCCC. The standard InChI is InChI=1S/C34H71NS4/c1-5-8-21-28-36-32-38-30-23-17-13-11-15-19-25-34(35(4)27-10-7-3)26-20-16-12-14-18-24-31-39-33-37-29-22-9-6-2/h34H,5-33H2,1-4H3. The summed E-state index contributed by atoms with van der Waals surface area (Å²) >= 11 is 8.64. The average molecular weight is 622 g/mol. The maximum absolute atomic E-state index is 2.71. The fraction of sp³-hybridized carbons (Fsp3) is 1.00. The monoisotopic (exact) mass is 621 g/mol. The normalized spacial score (nSPS) is 11.8. The van der Waals surface area contributed by atoms with E-state index in [0.29, 0.717) is 0 Å². The molecule has 0 aliphatic rings. The summed E-state index contributed by atoms with van der Waals surface area (Å²) in [7, 11) is 2.40. The van der Waals surface area contributed by atoms with Crippen molar-refractivity contribution in [1.29, 1.82) is 0 Å². The van der Waals surface area contributed by atoms with Gasteiger partial charge in [-0.2, -0.15) is 47.0 Å². The fourth-order valence-corrected chi connectivity index (χ4v) is 9.48. The lowest BCUT2D eigenvalue weighted by Crippen LogP contribution is -2.32. The first-order valence-electron chi connectivity index (χ1n) is 17.3. The molecular formula is C34H71NS4. The van der Waals surface area contributed by atoms with Gasteiger partial charge in [0.05, 0.1) is 0 Å². The molecule has 0 spiro atoms. The predicted octanol–water partition coefficient (Wildman–Crippen LogP) is 12.8. The first-order valence-corrected chi connectivity index (χ1v) is 21.9. The van der Waals surface area contributed by atoms with Gasteiger partial charge in [0.1, 0.15) is 0 Å². The molecule has 0 N–H and O–H groups in total. The zero-order valence-corrected chi connectivity index (χ0v) is 30.4. The first kappa shape index (κ1) is 40.4. The molecule has 0 aromatic heterocycles. The van der Waals surface area contributed by atoms with Crippen molar-refractivity contribution in [1.82, 2.24) is 4.90 Å². The van der Waals surface area contributed by atoms with Gasteiger partial charge in [-0.25, -0.2) is 0 Å². The lowest BCUT2D eigenvalue weighted by molar-refractivity contribution is 0.207. The van der Waals surface area contributed by atoms with E-state index in [9.17, 15) is 0 Å². The molecule has 236 valence electrons. The average Bonchev–Trinajstić information content (AvgIpc) is 2.95. The maximum Gasteiger partial charge on any atom is 0.0392 e. The van der Waals surface area contributed by atoms with Crippen molar-refractivity contribution in [2.45, 2.75) is 168 Å². The second-order valence-corrected chi connectivity index (χ2v) is 16.7. The second kappa shape index (κ2) is 35.6. The molecule has 0 aromatic rings. The van der Waals surface area contributed by atoms with Crippen LogP contribution in [-0.4, -0.2) is 57.7 Å². The number of rotatable bonds is 34. The zero-order chi connectivity index (χ0) is 28.5. The van der Waals surface area contributed by atoms with Gasteiger partial charge in [-0.15, -0.1) is 0 Å². The summed E-state index contributed by atoms with van der Waals surface area (Å²) in [6.07, 6.45) is 31.3. The molecule has 0 aliphatic heterocycles. The van der Waals surface area contributed by atoms with E-state index in [4.69, 9.17) is 0 Å². The minimum absolute atomic E-state index is 0.828. The molecule has 0 radical (unpaired) electrons. The molecular weight excluding hydrogens is 551 g/mol. The highest BCUT2D eigenvalue weighted by atomic mass is 32.2. The number of nitrogens with zero attached hydrogens (tertiary/aromatic N) is 1. The quantitative estimate of drug-likeness (QED) is 0.0518. The van der Waals surface area contributed by atoms with Crippen molar-refractivity contribution in [2.24, 2.45) is 0 Å². The molecule has 39 heavy (non-hydrogen) atoms. The van der Waals surface area contributed by atoms with Crippen molar-refractivity contribution >= 4 is 47.0 Å². The Morgan fingerprint density at radius 2 is 0.744 bits per heavy atom. The molecule has 0 saturated carbocycles. The highest BCUT2D eigenvalue weighted by Gasteiger charge is 2.13. The van der Waals surface area contributed by atoms with Crippen LogP contribution >= 0.6 is 47.0 Å². The maximum atomic E-state index is 2.71. The molecule has 0 rings (SSSR count). The van der Waals surface area contributed by atoms with Crippen LogP contribution in [-0.2, 0) is 0 Å². The molecule has 0 aromatic carbocycles. The minimum atomic E-state index is 0.828. The summed E-state index contributed by atoms with van der Waals surface area (Å²) in [6.45, 7) is 8.22. The number of hydrogen-bond acceptors (Lipinski definition) is 5. The van der Waals surface area contributed by atoms with Crippen molar-refractivity contribution in [2.75, 3.05) is 46.8 Å². The number of thioether (sulfide) groups is 4. The molecule has 0 heterocycles. The Bertz CT molecular complexity index is 405. The fourth-order valence-electron chi connectivity index (χ4n) is 5.02. The Kier molecular flexibility index (Phi) is 36.8. The van der Waals surface area contributed by atoms with Crippen molar-refractivity contribution in [3.63, 3.8) is 0 Å². The summed E-state index contributed by atoms with van der Waals surface area (Å²) in [5.74, 6) is 5.49. The Morgan fingerprint density at radius 1 is 0.410 bits per heavy atom. The summed E-state index contributed by atoms with van der Waals surface area (Å²) in [4.78, 5) is 2.71. The molecule has 0 amide bonds. The van der Waals surface area contributed by atoms with Crippen LogP contribution < -0.4 is 0 Å². The van der Waals surface area contributed by atoms with Crippen molar-refractivity contribution in [3.05, 3.63) is 0 Å². The Morgan fingerprint density at radius 3 is 1.13 bits per heavy atom. The van der Waals surface area contributed by atoms with Crippen molar-refractivity contribution < 1.29 is 0 Å². The second-order valence-electron chi connectivity index (χ2n) is 11.6. The van der Waals surface area contributed by atoms with Gasteiger partial charge >= 0.3 is 0 Å². The molecule has 1 nitrogen and oxygen atoms in total. The summed E-state index contributed by atoms with van der Waals surface area (Å²) in [6, 6.07) is 0.828. The first-order chi connectivity index (χ1) is 19.3. The molecule has 5 heteroatoms. The number of hydrogen-bond donors (Lipinski definition) is 0. The van der Waals surface area contributed by atoms with Gasteiger partial charge in [-0.05, 0) is 81.5 Å². The smallest absolute Gasteiger partial charge is 0.0392 e. The van der Waals surface area contributed by atoms with Gasteiger partial charge in [-0.3, -0.25) is 0 Å². The Labute approximate surface area is 265 Å². The van der Waals surface area contributed by atoms with Crippen molar-refractivity contribution in [3.8, 4) is 0 Å². The topological polar surface area (TPSA) is 3.24 Å². The van der Waals surface area contributed by atoms with E-state index in [2.05, 4.69) is 79.8 Å². The largest absolute Gasteiger partial charge is 0.303 e. The molecule has 0 bridgehead atoms. The third kappa shape index (κ3) is 32.1. The van der Waals surface area contributed by atoms with E-state index in [-0.39, 0.29) is 0 Å². The molecule has 0 fully saturated rings. The van der Waals surface area contributed by atoms with Crippen LogP contribution in [0.25, 0.3) is 0 Å². The molecule has 0 unspecified atom stereocenters. The van der Waals surface area contributed by atoms with Gasteiger partial charge < -0.3 is 4.90 Å². The van der Waals surface area contributed by atoms with E-state index in [1.165, 1.54) is 181 Å². The number of unbranched alkanes of at least 4 members (excludes halogenated alkanes) is 15. The molecule has 0 saturated heterocycles. The van der Waals surface area contributed by atoms with Crippen LogP contribution in [0.5, 0.6) is 0 Å². The van der Waals surface area contributed by atoms with Gasteiger partial charge in [-0.1, -0.05) is 117 Å². The molecule has 0 atom stereocenters. The Balaban J connectivity index is 3.69. The van der Waals surface area contributed by atoms with E-state index >= 15 is 0 Å². The lowest BCUT2D eigenvalue weighted by Gasteiger charge is -2.28. The lowest BCUT2D eigenvalue weighted by atomic mass is 9.99. The van der Waals surface area contributed by atoms with Gasteiger partial charge in [0, 0.05) is 16.2 Å². The highest BCUT2D eigenvalue weighted by molar-refractivity contribution is 8.16. The van der Waals surface area contributed by atoms with E-state index in [1.807, 2.05) is 0 Å². The van der Waals surface area contributed by atoms with Crippen LogP contribution in [0, 0.1) is 0 Å². The van der Waals surface area contributed by atoms with E-state index in [0.717, 1.165) is 6.04 Å². The van der Waals surface area contributed by atoms with Crippen LogP contribution in [0.3, 0.4) is 0 Å². The van der Waals surface area contributed by atoms with E-state index in [1.54, 1.807) is 0 Å². The van der Waals surface area contributed by atoms with Crippen LogP contribution in [0.2, 0.25) is 0 Å². The van der Waals surface area contributed by atoms with Gasteiger partial charge in [0.15, 0.2) is 0 Å². The van der Waals surface area contributed by atoms with Crippen LogP contribution in [0.1, 0.15) is 162 Å². The minimum Gasteiger partial charge on any atom is -0.303 e. The molecule has 0 aliphatic carbocycles. The van der Waals surface area contributed by atoms with Crippen LogP contribution in [0.15, 0.2) is 0 Å². The zero-order valence-electron chi connectivity index (χ0n) is 27.2. The highest BCUT2D eigenvalue weighted by Crippen LogP contribution is 2.20.